The SMILES string of the molecule is Cn1c(-c2nccn2CCc2c[nH]c(=O)[nH]c2=O)nc2ccccc21. The summed E-state index contributed by atoms with van der Waals surface area (Å²) in [7, 11) is 1.95. The molecule has 3 aromatic heterocycles. The molecule has 25 heavy (non-hydrogen) atoms. The summed E-state index contributed by atoms with van der Waals surface area (Å²) in [5.41, 5.74) is 1.59. The molecule has 2 N–H and O–H groups in total. The first kappa shape index (κ1) is 15.1. The van der Waals surface area contributed by atoms with E-state index in [-0.39, 0.29) is 5.56 Å². The summed E-state index contributed by atoms with van der Waals surface area (Å²) in [4.78, 5) is 36.7. The van der Waals surface area contributed by atoms with Crippen molar-refractivity contribution < 1.29 is 0 Å². The lowest BCUT2D eigenvalue weighted by Gasteiger charge is -2.07. The van der Waals surface area contributed by atoms with Crippen molar-refractivity contribution in [1.82, 2.24) is 29.1 Å². The number of hydrogen-bond acceptors (Lipinski definition) is 4. The highest BCUT2D eigenvalue weighted by atomic mass is 16.2. The standard InChI is InChI=1S/C17H16N6O2/c1-22-13-5-3-2-4-12(13)20-15(22)14-18-7-9-23(14)8-6-11-10-19-17(25)21-16(11)24/h2-5,7,9-10H,6,8H2,1H3,(H2,19,21,24,25). The number of aryl methyl sites for hydroxylation is 3. The lowest BCUT2D eigenvalue weighted by atomic mass is 10.2. The van der Waals surface area contributed by atoms with Gasteiger partial charge in [-0.3, -0.25) is 9.78 Å². The van der Waals surface area contributed by atoms with Crippen molar-refractivity contribution in [3.8, 4) is 11.6 Å². The summed E-state index contributed by atoms with van der Waals surface area (Å²) in [5, 5.41) is 0. The van der Waals surface area contributed by atoms with Gasteiger partial charge in [0.05, 0.1) is 11.0 Å². The van der Waals surface area contributed by atoms with Crippen molar-refractivity contribution in [3.63, 3.8) is 0 Å². The van der Waals surface area contributed by atoms with E-state index in [1.165, 1.54) is 6.20 Å². The van der Waals surface area contributed by atoms with Gasteiger partial charge in [0.15, 0.2) is 11.6 Å². The Morgan fingerprint density at radius 3 is 2.80 bits per heavy atom. The van der Waals surface area contributed by atoms with E-state index in [0.717, 1.165) is 22.7 Å². The zero-order chi connectivity index (χ0) is 17.4. The average molecular weight is 336 g/mol. The summed E-state index contributed by atoms with van der Waals surface area (Å²) in [6, 6.07) is 7.90. The van der Waals surface area contributed by atoms with Crippen LogP contribution in [0.2, 0.25) is 0 Å². The van der Waals surface area contributed by atoms with E-state index in [0.29, 0.717) is 18.5 Å². The number of fused-ring (bicyclic) bond motifs is 1. The minimum atomic E-state index is -0.503. The van der Waals surface area contributed by atoms with Gasteiger partial charge in [0.25, 0.3) is 5.56 Å². The van der Waals surface area contributed by atoms with Crippen LogP contribution in [0.1, 0.15) is 5.56 Å². The second-order valence-electron chi connectivity index (χ2n) is 5.77. The Kier molecular flexibility index (Phi) is 3.57. The minimum absolute atomic E-state index is 0.367. The van der Waals surface area contributed by atoms with Gasteiger partial charge in [-0.05, 0) is 18.6 Å². The van der Waals surface area contributed by atoms with Gasteiger partial charge in [0.2, 0.25) is 0 Å². The molecule has 4 aromatic rings. The van der Waals surface area contributed by atoms with Crippen LogP contribution in [0.4, 0.5) is 0 Å². The van der Waals surface area contributed by atoms with Gasteiger partial charge in [0, 0.05) is 37.7 Å². The Balaban J connectivity index is 1.67. The molecule has 0 atom stereocenters. The molecule has 0 aliphatic heterocycles. The van der Waals surface area contributed by atoms with E-state index in [4.69, 9.17) is 0 Å². The molecule has 0 bridgehead atoms. The Morgan fingerprint density at radius 1 is 1.16 bits per heavy atom. The third-order valence-electron chi connectivity index (χ3n) is 4.22. The van der Waals surface area contributed by atoms with Gasteiger partial charge in [-0.15, -0.1) is 0 Å². The molecule has 4 rings (SSSR count). The largest absolute Gasteiger partial charge is 0.328 e. The molecule has 126 valence electrons. The molecule has 0 radical (unpaired) electrons. The number of imidazole rings is 2. The molecule has 0 saturated carbocycles. The molecule has 3 heterocycles. The number of para-hydroxylation sites is 2. The Bertz CT molecular complexity index is 1160. The number of nitrogens with one attached hydrogen (secondary N) is 2. The second kappa shape index (κ2) is 5.90. The van der Waals surface area contributed by atoms with Crippen molar-refractivity contribution in [2.24, 2.45) is 7.05 Å². The summed E-state index contributed by atoms with van der Waals surface area (Å²) >= 11 is 0. The smallest absolute Gasteiger partial charge is 0.325 e. The average Bonchev–Trinajstić information content (AvgIpc) is 3.19. The maximum absolute atomic E-state index is 11.8. The van der Waals surface area contributed by atoms with Crippen LogP contribution in [0.15, 0.2) is 52.4 Å². The number of nitrogens with zero attached hydrogens (tertiary/aromatic N) is 4. The predicted octanol–water partition coefficient (Wildman–Crippen LogP) is 1.06. The Labute approximate surface area is 141 Å². The van der Waals surface area contributed by atoms with E-state index < -0.39 is 5.69 Å². The molecule has 0 spiro atoms. The lowest BCUT2D eigenvalue weighted by Crippen LogP contribution is -2.25. The third kappa shape index (κ3) is 2.67. The number of benzene rings is 1. The number of hydrogen-bond donors (Lipinski definition) is 2. The van der Waals surface area contributed by atoms with E-state index in [9.17, 15) is 9.59 Å². The van der Waals surface area contributed by atoms with Crippen LogP contribution in [0.3, 0.4) is 0 Å². The third-order valence-corrected chi connectivity index (χ3v) is 4.22. The van der Waals surface area contributed by atoms with Crippen molar-refractivity contribution in [2.75, 3.05) is 0 Å². The highest BCUT2D eigenvalue weighted by molar-refractivity contribution is 5.79. The topological polar surface area (TPSA) is 101 Å². The number of H-pyrrole nitrogens is 2. The van der Waals surface area contributed by atoms with Gasteiger partial charge in [-0.2, -0.15) is 0 Å². The molecule has 1 aromatic carbocycles. The summed E-state index contributed by atoms with van der Waals surface area (Å²) < 4.78 is 3.95. The Morgan fingerprint density at radius 2 is 2.00 bits per heavy atom. The summed E-state index contributed by atoms with van der Waals surface area (Å²) in [5.74, 6) is 1.50. The minimum Gasteiger partial charge on any atom is -0.328 e. The van der Waals surface area contributed by atoms with E-state index >= 15 is 0 Å². The molecule has 0 fully saturated rings. The monoisotopic (exact) mass is 336 g/mol. The van der Waals surface area contributed by atoms with Crippen LogP contribution in [0.5, 0.6) is 0 Å². The molecule has 0 aliphatic rings. The maximum atomic E-state index is 11.8. The van der Waals surface area contributed by atoms with E-state index in [1.807, 2.05) is 46.6 Å². The zero-order valence-electron chi connectivity index (χ0n) is 13.6. The number of aromatic amines is 2. The highest BCUT2D eigenvalue weighted by Gasteiger charge is 2.14. The fourth-order valence-corrected chi connectivity index (χ4v) is 2.91. The normalized spacial score (nSPS) is 11.2. The van der Waals surface area contributed by atoms with Crippen LogP contribution in [-0.4, -0.2) is 29.1 Å². The molecule has 0 amide bonds. The first-order chi connectivity index (χ1) is 12.1. The quantitative estimate of drug-likeness (QED) is 0.582. The highest BCUT2D eigenvalue weighted by Crippen LogP contribution is 2.22. The molecule has 8 nitrogen and oxygen atoms in total. The Hall–Kier alpha value is -3.42. The van der Waals surface area contributed by atoms with Gasteiger partial charge >= 0.3 is 5.69 Å². The fraction of sp³-hybridized carbons (Fsp3) is 0.176. The van der Waals surface area contributed by atoms with E-state index in [2.05, 4.69) is 19.9 Å². The molecular weight excluding hydrogens is 320 g/mol. The van der Waals surface area contributed by atoms with Gasteiger partial charge in [-0.25, -0.2) is 14.8 Å². The molecular formula is C17H16N6O2. The first-order valence-electron chi connectivity index (χ1n) is 7.87. The molecule has 0 saturated heterocycles. The second-order valence-corrected chi connectivity index (χ2v) is 5.77. The van der Waals surface area contributed by atoms with Crippen molar-refractivity contribution in [2.45, 2.75) is 13.0 Å². The number of rotatable bonds is 4. The summed E-state index contributed by atoms with van der Waals surface area (Å²) in [6.45, 7) is 0.549. The molecule has 8 heteroatoms. The van der Waals surface area contributed by atoms with E-state index in [1.54, 1.807) is 6.20 Å². The predicted molar refractivity (Wildman–Crippen MR) is 93.3 cm³/mol. The van der Waals surface area contributed by atoms with Gasteiger partial charge in [-0.1, -0.05) is 12.1 Å². The van der Waals surface area contributed by atoms with Crippen molar-refractivity contribution in [3.05, 3.63) is 69.3 Å². The summed E-state index contributed by atoms with van der Waals surface area (Å²) in [6.07, 6.45) is 5.49. The van der Waals surface area contributed by atoms with Gasteiger partial charge < -0.3 is 14.1 Å². The van der Waals surface area contributed by atoms with Crippen LogP contribution in [0.25, 0.3) is 22.7 Å². The maximum Gasteiger partial charge on any atom is 0.325 e. The van der Waals surface area contributed by atoms with Gasteiger partial charge in [0.1, 0.15) is 0 Å². The molecule has 0 unspecified atom stereocenters. The van der Waals surface area contributed by atoms with Crippen molar-refractivity contribution >= 4 is 11.0 Å². The fourth-order valence-electron chi connectivity index (χ4n) is 2.91. The van der Waals surface area contributed by atoms with Crippen LogP contribution >= 0.6 is 0 Å². The zero-order valence-corrected chi connectivity index (χ0v) is 13.6. The first-order valence-corrected chi connectivity index (χ1v) is 7.87. The van der Waals surface area contributed by atoms with Crippen LogP contribution in [0, 0.1) is 0 Å². The van der Waals surface area contributed by atoms with Crippen LogP contribution in [-0.2, 0) is 20.0 Å². The van der Waals surface area contributed by atoms with Crippen LogP contribution < -0.4 is 11.2 Å². The number of aromatic nitrogens is 6. The lowest BCUT2D eigenvalue weighted by molar-refractivity contribution is 0.688. The molecule has 0 aliphatic carbocycles. The van der Waals surface area contributed by atoms with Crippen molar-refractivity contribution in [1.29, 1.82) is 0 Å².